The van der Waals surface area contributed by atoms with Crippen LogP contribution in [0.3, 0.4) is 0 Å². The van der Waals surface area contributed by atoms with Crippen LogP contribution in [0.4, 0.5) is 0 Å². The van der Waals surface area contributed by atoms with Gasteiger partial charge < -0.3 is 14.9 Å². The van der Waals surface area contributed by atoms with E-state index >= 15 is 0 Å². The van der Waals surface area contributed by atoms with Crippen molar-refractivity contribution in [3.05, 3.63) is 64.7 Å². The molecule has 4 fully saturated rings. The van der Waals surface area contributed by atoms with Gasteiger partial charge in [0.2, 0.25) is 0 Å². The lowest BCUT2D eigenvalue weighted by atomic mass is 9.48. The van der Waals surface area contributed by atoms with Crippen LogP contribution in [0.2, 0.25) is 0 Å². The van der Waals surface area contributed by atoms with E-state index in [4.69, 9.17) is 9.84 Å². The molecule has 0 saturated heterocycles. The Hall–Kier alpha value is -2.77. The summed E-state index contributed by atoms with van der Waals surface area (Å²) in [6.45, 7) is 0. The van der Waals surface area contributed by atoms with Crippen LogP contribution < -0.4 is 4.74 Å². The van der Waals surface area contributed by atoms with Gasteiger partial charge in [0.05, 0.1) is 12.7 Å². The van der Waals surface area contributed by atoms with Crippen LogP contribution in [-0.4, -0.2) is 23.3 Å². The molecule has 31 heavy (non-hydrogen) atoms. The highest BCUT2D eigenvalue weighted by Gasteiger charge is 2.52. The van der Waals surface area contributed by atoms with Crippen molar-refractivity contribution in [3.8, 4) is 17.6 Å². The molecule has 2 aromatic rings. The normalized spacial score (nSPS) is 29.2. The van der Waals surface area contributed by atoms with Crippen LogP contribution >= 0.6 is 0 Å². The highest BCUT2D eigenvalue weighted by Crippen LogP contribution is 2.61. The molecular weight excluding hydrogens is 388 g/mol. The number of methoxy groups -OCH3 is 1. The van der Waals surface area contributed by atoms with Gasteiger partial charge in [-0.3, -0.25) is 0 Å². The van der Waals surface area contributed by atoms with Gasteiger partial charge in [-0.15, -0.1) is 0 Å². The zero-order valence-electron chi connectivity index (χ0n) is 17.8. The second-order valence-electron chi connectivity index (χ2n) is 9.71. The minimum atomic E-state index is -0.967. The Balaban J connectivity index is 1.39. The summed E-state index contributed by atoms with van der Waals surface area (Å²) < 4.78 is 5.81. The molecule has 4 nitrogen and oxygen atoms in total. The van der Waals surface area contributed by atoms with Crippen LogP contribution in [0, 0.1) is 29.6 Å². The van der Waals surface area contributed by atoms with Crippen molar-refractivity contribution in [1.82, 2.24) is 0 Å². The van der Waals surface area contributed by atoms with Crippen molar-refractivity contribution < 1.29 is 19.7 Å². The molecule has 1 atom stereocenters. The van der Waals surface area contributed by atoms with Crippen LogP contribution in [0.25, 0.3) is 0 Å². The molecule has 0 radical (unpaired) electrons. The Morgan fingerprint density at radius 2 is 1.65 bits per heavy atom. The first-order valence-electron chi connectivity index (χ1n) is 11.2. The van der Waals surface area contributed by atoms with E-state index in [1.165, 1.54) is 56.2 Å². The molecule has 4 heteroatoms. The van der Waals surface area contributed by atoms with E-state index < -0.39 is 12.1 Å². The summed E-state index contributed by atoms with van der Waals surface area (Å²) in [4.78, 5) is 11.0. The molecule has 1 unspecified atom stereocenters. The summed E-state index contributed by atoms with van der Waals surface area (Å²) >= 11 is 0. The summed E-state index contributed by atoms with van der Waals surface area (Å²) in [6.07, 6.45) is 7.08. The van der Waals surface area contributed by atoms with Crippen molar-refractivity contribution in [2.45, 2.75) is 50.0 Å². The van der Waals surface area contributed by atoms with E-state index in [1.807, 2.05) is 12.1 Å². The molecule has 4 aliphatic rings. The molecule has 4 saturated carbocycles. The van der Waals surface area contributed by atoms with Crippen molar-refractivity contribution in [2.24, 2.45) is 17.8 Å². The lowest BCUT2D eigenvalue weighted by Gasteiger charge is -2.57. The fraction of sp³-hybridized carbons (Fsp3) is 0.444. The third-order valence-corrected chi connectivity index (χ3v) is 7.64. The molecule has 0 heterocycles. The number of carboxylic acids is 1. The van der Waals surface area contributed by atoms with Crippen LogP contribution in [0.1, 0.15) is 71.7 Å². The molecule has 4 aliphatic carbocycles. The number of rotatable bonds is 4. The minimum absolute atomic E-state index is 0.219. The molecule has 0 aliphatic heterocycles. The number of benzene rings is 2. The predicted octanol–water partition coefficient (Wildman–Crippen LogP) is 4.95. The second kappa shape index (κ2) is 7.73. The monoisotopic (exact) mass is 416 g/mol. The Kier molecular flexibility index (Phi) is 5.02. The Bertz CT molecular complexity index is 1020. The van der Waals surface area contributed by atoms with Gasteiger partial charge in [-0.25, -0.2) is 4.79 Å². The van der Waals surface area contributed by atoms with Gasteiger partial charge in [0, 0.05) is 11.1 Å². The number of aromatic carboxylic acids is 1. The van der Waals surface area contributed by atoms with E-state index in [1.54, 1.807) is 19.2 Å². The highest BCUT2D eigenvalue weighted by atomic mass is 16.5. The lowest BCUT2D eigenvalue weighted by molar-refractivity contribution is -0.00618. The summed E-state index contributed by atoms with van der Waals surface area (Å²) in [7, 11) is 1.71. The topological polar surface area (TPSA) is 66.8 Å². The molecule has 0 amide bonds. The predicted molar refractivity (Wildman–Crippen MR) is 118 cm³/mol. The minimum Gasteiger partial charge on any atom is -0.496 e. The number of aliphatic hydroxyl groups is 1. The maximum absolute atomic E-state index is 11.0. The summed E-state index contributed by atoms with van der Waals surface area (Å²) in [5, 5.41) is 19.6. The molecule has 6 rings (SSSR count). The highest BCUT2D eigenvalue weighted by molar-refractivity contribution is 5.87. The SMILES string of the molecule is COc1cc(C(O)C#Cc2ccc(C(=O)O)cc2)ccc1C12CC3CC(CC(C3)C1)C2. The van der Waals surface area contributed by atoms with E-state index in [-0.39, 0.29) is 11.0 Å². The quantitative estimate of drug-likeness (QED) is 0.693. The zero-order valence-corrected chi connectivity index (χ0v) is 17.8. The molecule has 160 valence electrons. The maximum atomic E-state index is 11.0. The standard InChI is InChI=1S/C27H28O4/c1-31-25-13-22(24(28)9-4-17-2-5-21(6-3-17)26(29)30)7-8-23(25)27-14-18-10-19(15-27)12-20(11-18)16-27/h2-3,5-8,13,18-20,24,28H,10-12,14-16H2,1H3,(H,29,30). The molecule has 2 aromatic carbocycles. The summed E-state index contributed by atoms with van der Waals surface area (Å²) in [5.74, 6) is 8.29. The van der Waals surface area contributed by atoms with Crippen molar-refractivity contribution in [1.29, 1.82) is 0 Å². The van der Waals surface area contributed by atoms with Crippen LogP contribution in [0.15, 0.2) is 42.5 Å². The summed E-state index contributed by atoms with van der Waals surface area (Å²) in [5.41, 5.74) is 3.15. The average molecular weight is 417 g/mol. The molecule has 2 N–H and O–H groups in total. The molecule has 4 bridgehead atoms. The van der Waals surface area contributed by atoms with Gasteiger partial charge in [0.25, 0.3) is 0 Å². The van der Waals surface area contributed by atoms with E-state index in [0.29, 0.717) is 5.56 Å². The molecular formula is C27H28O4. The van der Waals surface area contributed by atoms with Gasteiger partial charge in [-0.05, 0) is 97.6 Å². The largest absolute Gasteiger partial charge is 0.496 e. The third kappa shape index (κ3) is 3.72. The number of carbonyl (C=O) groups is 1. The fourth-order valence-electron chi connectivity index (χ4n) is 6.69. The van der Waals surface area contributed by atoms with Crippen molar-refractivity contribution >= 4 is 5.97 Å². The van der Waals surface area contributed by atoms with Gasteiger partial charge in [0.15, 0.2) is 0 Å². The van der Waals surface area contributed by atoms with Gasteiger partial charge in [0.1, 0.15) is 11.9 Å². The number of hydrogen-bond acceptors (Lipinski definition) is 3. The van der Waals surface area contributed by atoms with E-state index in [2.05, 4.69) is 17.9 Å². The van der Waals surface area contributed by atoms with E-state index in [0.717, 1.165) is 29.1 Å². The lowest BCUT2D eigenvalue weighted by Crippen LogP contribution is -2.48. The number of aliphatic hydroxyl groups excluding tert-OH is 1. The smallest absolute Gasteiger partial charge is 0.335 e. The summed E-state index contributed by atoms with van der Waals surface area (Å²) in [6, 6.07) is 12.4. The maximum Gasteiger partial charge on any atom is 0.335 e. The molecule has 0 spiro atoms. The Morgan fingerprint density at radius 3 is 2.19 bits per heavy atom. The van der Waals surface area contributed by atoms with Crippen molar-refractivity contribution in [2.75, 3.05) is 7.11 Å². The van der Waals surface area contributed by atoms with Gasteiger partial charge in [-0.2, -0.15) is 0 Å². The Morgan fingerprint density at radius 1 is 1.03 bits per heavy atom. The van der Waals surface area contributed by atoms with Gasteiger partial charge in [-0.1, -0.05) is 24.0 Å². The molecule has 0 aromatic heterocycles. The first kappa shape index (κ1) is 20.2. The first-order valence-corrected chi connectivity index (χ1v) is 11.2. The fourth-order valence-corrected chi connectivity index (χ4v) is 6.69. The number of ether oxygens (including phenoxy) is 1. The van der Waals surface area contributed by atoms with Gasteiger partial charge >= 0.3 is 5.97 Å². The first-order chi connectivity index (χ1) is 15.0. The van der Waals surface area contributed by atoms with E-state index in [9.17, 15) is 9.90 Å². The number of carboxylic acid groups (broad SMARTS) is 1. The second-order valence-corrected chi connectivity index (χ2v) is 9.71. The Labute approximate surface area is 183 Å². The zero-order chi connectivity index (χ0) is 21.6. The van der Waals surface area contributed by atoms with Crippen LogP contribution in [-0.2, 0) is 5.41 Å². The van der Waals surface area contributed by atoms with Crippen molar-refractivity contribution in [3.63, 3.8) is 0 Å². The number of hydrogen-bond donors (Lipinski definition) is 2. The average Bonchev–Trinajstić information content (AvgIpc) is 2.76. The van der Waals surface area contributed by atoms with Crippen LogP contribution in [0.5, 0.6) is 5.75 Å². The third-order valence-electron chi connectivity index (χ3n) is 7.64.